The van der Waals surface area contributed by atoms with Gasteiger partial charge in [-0.15, -0.1) is 0 Å². The van der Waals surface area contributed by atoms with Crippen LogP contribution in [0.4, 0.5) is 13.2 Å². The SMILES string of the molecule is Cc1ccc(C(=O)N2CCC3(CC2)O[C@@H]2CC[C@@H](c4cc(F)cc(F)c4)N2C3=O)c(F)c1. The van der Waals surface area contributed by atoms with Crippen molar-refractivity contribution in [2.24, 2.45) is 0 Å². The maximum Gasteiger partial charge on any atom is 0.257 e. The lowest BCUT2D eigenvalue weighted by Crippen LogP contribution is -2.51. The van der Waals surface area contributed by atoms with Crippen LogP contribution in [0.15, 0.2) is 36.4 Å². The van der Waals surface area contributed by atoms with Crippen molar-refractivity contribution in [3.8, 4) is 0 Å². The molecule has 5 nitrogen and oxygen atoms in total. The second-order valence-electron chi connectivity index (χ2n) is 8.85. The van der Waals surface area contributed by atoms with E-state index in [2.05, 4.69) is 0 Å². The van der Waals surface area contributed by atoms with Gasteiger partial charge < -0.3 is 14.5 Å². The Labute approximate surface area is 183 Å². The Morgan fingerprint density at radius 3 is 2.38 bits per heavy atom. The van der Waals surface area contributed by atoms with Crippen LogP contribution in [0.5, 0.6) is 0 Å². The monoisotopic (exact) mass is 444 g/mol. The largest absolute Gasteiger partial charge is 0.342 e. The first kappa shape index (κ1) is 21.0. The summed E-state index contributed by atoms with van der Waals surface area (Å²) in [5.41, 5.74) is 0.105. The topological polar surface area (TPSA) is 49.9 Å². The smallest absolute Gasteiger partial charge is 0.257 e. The van der Waals surface area contributed by atoms with Gasteiger partial charge in [-0.3, -0.25) is 9.59 Å². The number of aryl methyl sites for hydroxylation is 1. The van der Waals surface area contributed by atoms with Gasteiger partial charge in [0.05, 0.1) is 11.6 Å². The average Bonchev–Trinajstić information content (AvgIpc) is 3.26. The van der Waals surface area contributed by atoms with Crippen LogP contribution < -0.4 is 0 Å². The predicted molar refractivity (Wildman–Crippen MR) is 109 cm³/mol. The molecule has 0 unspecified atom stereocenters. The molecule has 3 fully saturated rings. The second kappa shape index (κ2) is 7.62. The number of fused-ring (bicyclic) bond motifs is 1. The molecule has 168 valence electrons. The molecule has 0 aromatic heterocycles. The summed E-state index contributed by atoms with van der Waals surface area (Å²) in [6, 6.07) is 7.37. The van der Waals surface area contributed by atoms with Crippen molar-refractivity contribution in [2.45, 2.75) is 50.5 Å². The summed E-state index contributed by atoms with van der Waals surface area (Å²) in [7, 11) is 0. The lowest BCUT2D eigenvalue weighted by Gasteiger charge is -2.37. The summed E-state index contributed by atoms with van der Waals surface area (Å²) in [5.74, 6) is -2.53. The van der Waals surface area contributed by atoms with Gasteiger partial charge in [0.2, 0.25) is 0 Å². The number of piperidine rings is 1. The van der Waals surface area contributed by atoms with E-state index in [1.807, 2.05) is 0 Å². The number of likely N-dealkylation sites (tertiary alicyclic amines) is 1. The summed E-state index contributed by atoms with van der Waals surface area (Å²) in [6.45, 7) is 2.28. The third-order valence-corrected chi connectivity index (χ3v) is 6.80. The van der Waals surface area contributed by atoms with Crippen molar-refractivity contribution < 1.29 is 27.5 Å². The van der Waals surface area contributed by atoms with Gasteiger partial charge in [-0.25, -0.2) is 13.2 Å². The van der Waals surface area contributed by atoms with Crippen molar-refractivity contribution in [1.82, 2.24) is 9.80 Å². The maximum absolute atomic E-state index is 14.2. The molecule has 0 aliphatic carbocycles. The summed E-state index contributed by atoms with van der Waals surface area (Å²) in [6.07, 6.45) is 1.28. The number of hydrogen-bond acceptors (Lipinski definition) is 3. The molecule has 3 aliphatic rings. The van der Waals surface area contributed by atoms with E-state index in [1.165, 1.54) is 24.3 Å². The van der Waals surface area contributed by atoms with Gasteiger partial charge in [0.25, 0.3) is 11.8 Å². The minimum atomic E-state index is -1.06. The van der Waals surface area contributed by atoms with Crippen molar-refractivity contribution in [1.29, 1.82) is 0 Å². The number of nitrogens with zero attached hydrogens (tertiary/aromatic N) is 2. The van der Waals surface area contributed by atoms with Crippen LogP contribution in [0.2, 0.25) is 0 Å². The molecule has 3 saturated heterocycles. The maximum atomic E-state index is 14.2. The van der Waals surface area contributed by atoms with Crippen LogP contribution >= 0.6 is 0 Å². The highest BCUT2D eigenvalue weighted by atomic mass is 19.1. The van der Waals surface area contributed by atoms with Crippen molar-refractivity contribution in [3.05, 3.63) is 70.5 Å². The Morgan fingerprint density at radius 2 is 1.72 bits per heavy atom. The van der Waals surface area contributed by atoms with Crippen LogP contribution in [-0.2, 0) is 9.53 Å². The molecule has 5 rings (SSSR count). The van der Waals surface area contributed by atoms with Crippen LogP contribution in [0.3, 0.4) is 0 Å². The Balaban J connectivity index is 1.32. The zero-order valence-corrected chi connectivity index (χ0v) is 17.6. The van der Waals surface area contributed by atoms with E-state index in [-0.39, 0.29) is 24.6 Å². The quantitative estimate of drug-likeness (QED) is 0.701. The molecule has 2 aromatic carbocycles. The molecule has 3 heterocycles. The first-order chi connectivity index (χ1) is 15.3. The molecule has 1 spiro atoms. The number of amides is 2. The van der Waals surface area contributed by atoms with Gasteiger partial charge in [-0.2, -0.15) is 0 Å². The molecule has 32 heavy (non-hydrogen) atoms. The third kappa shape index (κ3) is 3.37. The number of halogens is 3. The fourth-order valence-electron chi connectivity index (χ4n) is 5.17. The molecular weight excluding hydrogens is 421 g/mol. The first-order valence-electron chi connectivity index (χ1n) is 10.8. The van der Waals surface area contributed by atoms with Gasteiger partial charge >= 0.3 is 0 Å². The summed E-state index contributed by atoms with van der Waals surface area (Å²) >= 11 is 0. The average molecular weight is 444 g/mol. The molecule has 3 aliphatic heterocycles. The highest BCUT2D eigenvalue weighted by Crippen LogP contribution is 2.47. The molecular formula is C24H23F3N2O3. The Bertz CT molecular complexity index is 1080. The summed E-state index contributed by atoms with van der Waals surface area (Å²) in [5, 5.41) is 0. The number of benzene rings is 2. The fourth-order valence-corrected chi connectivity index (χ4v) is 5.17. The molecule has 2 amide bonds. The van der Waals surface area contributed by atoms with Crippen molar-refractivity contribution in [2.75, 3.05) is 13.1 Å². The van der Waals surface area contributed by atoms with E-state index >= 15 is 0 Å². The fraction of sp³-hybridized carbons (Fsp3) is 0.417. The van der Waals surface area contributed by atoms with Crippen LogP contribution in [0, 0.1) is 24.4 Å². The number of hydrogen-bond donors (Lipinski definition) is 0. The molecule has 2 atom stereocenters. The molecule has 8 heteroatoms. The number of carbonyl (C=O) groups is 2. The Kier molecular flexibility index (Phi) is 5.00. The zero-order valence-electron chi connectivity index (χ0n) is 17.6. The minimum absolute atomic E-state index is 0.0130. The van der Waals surface area contributed by atoms with E-state index in [9.17, 15) is 22.8 Å². The van der Waals surface area contributed by atoms with Gasteiger partial charge in [-0.05, 0) is 55.2 Å². The Morgan fingerprint density at radius 1 is 1.03 bits per heavy atom. The normalized spacial score (nSPS) is 24.3. The second-order valence-corrected chi connectivity index (χ2v) is 8.85. The van der Waals surface area contributed by atoms with Gasteiger partial charge in [0.15, 0.2) is 5.60 Å². The minimum Gasteiger partial charge on any atom is -0.342 e. The van der Waals surface area contributed by atoms with Gasteiger partial charge in [-0.1, -0.05) is 6.07 Å². The number of rotatable bonds is 2. The molecule has 0 N–H and O–H groups in total. The molecule has 0 radical (unpaired) electrons. The van der Waals surface area contributed by atoms with Crippen molar-refractivity contribution in [3.63, 3.8) is 0 Å². The van der Waals surface area contributed by atoms with Crippen LogP contribution in [-0.4, -0.2) is 46.5 Å². The first-order valence-corrected chi connectivity index (χ1v) is 10.8. The summed E-state index contributed by atoms with van der Waals surface area (Å²) in [4.78, 5) is 29.3. The molecule has 0 bridgehead atoms. The zero-order chi connectivity index (χ0) is 22.6. The lowest BCUT2D eigenvalue weighted by atomic mass is 9.89. The predicted octanol–water partition coefficient (Wildman–Crippen LogP) is 4.11. The number of carbonyl (C=O) groups excluding carboxylic acids is 2. The van der Waals surface area contributed by atoms with E-state index in [4.69, 9.17) is 4.74 Å². The van der Waals surface area contributed by atoms with Crippen molar-refractivity contribution >= 4 is 11.8 Å². The van der Waals surface area contributed by atoms with E-state index in [1.54, 1.807) is 22.8 Å². The van der Waals surface area contributed by atoms with Gasteiger partial charge in [0.1, 0.15) is 23.7 Å². The Hall–Kier alpha value is -2.87. The molecule has 2 aromatic rings. The van der Waals surface area contributed by atoms with E-state index in [0.717, 1.165) is 11.6 Å². The van der Waals surface area contributed by atoms with E-state index in [0.29, 0.717) is 31.2 Å². The highest BCUT2D eigenvalue weighted by molar-refractivity contribution is 5.95. The van der Waals surface area contributed by atoms with Gasteiger partial charge in [0, 0.05) is 32.0 Å². The highest BCUT2D eigenvalue weighted by Gasteiger charge is 2.58. The lowest BCUT2D eigenvalue weighted by molar-refractivity contribution is -0.142. The van der Waals surface area contributed by atoms with Crippen LogP contribution in [0.1, 0.15) is 53.2 Å². The standard InChI is InChI=1S/C24H23F3N2O3/c1-14-2-3-18(19(27)10-14)22(30)28-8-6-24(7-9-28)23(31)29-20(4-5-21(29)32-24)15-11-16(25)13-17(26)12-15/h2-3,10-13,20-21H,4-9H2,1H3/t20-,21+/m0/s1. The third-order valence-electron chi connectivity index (χ3n) is 6.80. The summed E-state index contributed by atoms with van der Waals surface area (Å²) < 4.78 is 47.9. The number of ether oxygens (including phenoxy) is 1. The van der Waals surface area contributed by atoms with E-state index < -0.39 is 41.2 Å². The molecule has 0 saturated carbocycles. The van der Waals surface area contributed by atoms with Crippen LogP contribution in [0.25, 0.3) is 0 Å².